The first-order valence-corrected chi connectivity index (χ1v) is 6.88. The van der Waals surface area contributed by atoms with Gasteiger partial charge in [0.1, 0.15) is 11.5 Å². The summed E-state index contributed by atoms with van der Waals surface area (Å²) in [6.07, 6.45) is 2.12. The van der Waals surface area contributed by atoms with Gasteiger partial charge in [0.15, 0.2) is 0 Å². The van der Waals surface area contributed by atoms with Crippen LogP contribution in [-0.2, 0) is 6.42 Å². The zero-order chi connectivity index (χ0) is 11.8. The highest BCUT2D eigenvalue weighted by atomic mass is 79.9. The largest absolute Gasteiger partial charge is 0.494 e. The van der Waals surface area contributed by atoms with Crippen LogP contribution in [0.15, 0.2) is 18.2 Å². The molecule has 0 aliphatic carbocycles. The van der Waals surface area contributed by atoms with Gasteiger partial charge in [-0.3, -0.25) is 0 Å². The predicted molar refractivity (Wildman–Crippen MR) is 70.9 cm³/mol. The van der Waals surface area contributed by atoms with Crippen molar-refractivity contribution in [3.63, 3.8) is 0 Å². The Kier molecular flexibility index (Phi) is 6.31. The van der Waals surface area contributed by atoms with Gasteiger partial charge in [-0.05, 0) is 50.5 Å². The average Bonchev–Trinajstić information content (AvgIpc) is 2.30. The van der Waals surface area contributed by atoms with Gasteiger partial charge in [0.2, 0.25) is 0 Å². The fraction of sp³-hybridized carbons (Fsp3) is 0.538. The summed E-state index contributed by atoms with van der Waals surface area (Å²) in [6.45, 7) is 5.40. The Bertz CT molecular complexity index is 313. The summed E-state index contributed by atoms with van der Waals surface area (Å²) in [7, 11) is 0. The molecule has 1 aromatic rings. The quantitative estimate of drug-likeness (QED) is 0.710. The maximum atomic E-state index is 5.60. The third kappa shape index (κ3) is 4.05. The van der Waals surface area contributed by atoms with E-state index in [2.05, 4.69) is 22.0 Å². The van der Waals surface area contributed by atoms with Gasteiger partial charge in [0.05, 0.1) is 13.2 Å². The molecule has 0 bridgehead atoms. The van der Waals surface area contributed by atoms with E-state index >= 15 is 0 Å². The van der Waals surface area contributed by atoms with Gasteiger partial charge in [0.25, 0.3) is 0 Å². The average molecular weight is 287 g/mol. The number of hydrogen-bond acceptors (Lipinski definition) is 2. The van der Waals surface area contributed by atoms with Crippen molar-refractivity contribution in [2.24, 2.45) is 0 Å². The zero-order valence-electron chi connectivity index (χ0n) is 9.96. The minimum atomic E-state index is 0.700. The van der Waals surface area contributed by atoms with Crippen molar-refractivity contribution in [1.82, 2.24) is 0 Å². The molecule has 3 heteroatoms. The molecule has 0 atom stereocenters. The first-order valence-electron chi connectivity index (χ1n) is 5.76. The Balaban J connectivity index is 2.82. The topological polar surface area (TPSA) is 18.5 Å². The summed E-state index contributed by atoms with van der Waals surface area (Å²) < 4.78 is 11.1. The number of halogens is 1. The normalized spacial score (nSPS) is 10.2. The fourth-order valence-corrected chi connectivity index (χ4v) is 1.84. The molecule has 0 heterocycles. The summed E-state index contributed by atoms with van der Waals surface area (Å²) >= 11 is 3.45. The first-order chi connectivity index (χ1) is 7.81. The lowest BCUT2D eigenvalue weighted by Crippen LogP contribution is -1.99. The first kappa shape index (κ1) is 13.4. The molecule has 0 fully saturated rings. The summed E-state index contributed by atoms with van der Waals surface area (Å²) in [5.41, 5.74) is 1.23. The lowest BCUT2D eigenvalue weighted by atomic mass is 10.1. The number of alkyl halides is 1. The van der Waals surface area contributed by atoms with Crippen LogP contribution in [0.1, 0.15) is 25.8 Å². The summed E-state index contributed by atoms with van der Waals surface area (Å²) in [4.78, 5) is 0. The maximum Gasteiger partial charge on any atom is 0.122 e. The van der Waals surface area contributed by atoms with Crippen molar-refractivity contribution in [3.05, 3.63) is 23.8 Å². The molecule has 1 rings (SSSR count). The summed E-state index contributed by atoms with van der Waals surface area (Å²) in [5.74, 6) is 1.91. The van der Waals surface area contributed by atoms with Crippen molar-refractivity contribution < 1.29 is 9.47 Å². The van der Waals surface area contributed by atoms with E-state index in [9.17, 15) is 0 Å². The lowest BCUT2D eigenvalue weighted by molar-refractivity contribution is 0.327. The molecule has 90 valence electrons. The van der Waals surface area contributed by atoms with Crippen LogP contribution in [-0.4, -0.2) is 18.5 Å². The van der Waals surface area contributed by atoms with Crippen LogP contribution < -0.4 is 9.47 Å². The van der Waals surface area contributed by atoms with Crippen molar-refractivity contribution >= 4 is 15.9 Å². The molecular weight excluding hydrogens is 268 g/mol. The van der Waals surface area contributed by atoms with Crippen molar-refractivity contribution in [2.75, 3.05) is 18.5 Å². The highest BCUT2D eigenvalue weighted by Gasteiger charge is 2.05. The van der Waals surface area contributed by atoms with E-state index in [0.717, 1.165) is 29.7 Å². The van der Waals surface area contributed by atoms with Crippen LogP contribution in [0.4, 0.5) is 0 Å². The molecule has 1 aromatic carbocycles. The molecule has 0 unspecified atom stereocenters. The van der Waals surface area contributed by atoms with Crippen LogP contribution in [0.2, 0.25) is 0 Å². The number of benzene rings is 1. The van der Waals surface area contributed by atoms with Gasteiger partial charge in [-0.2, -0.15) is 0 Å². The Morgan fingerprint density at radius 2 is 1.88 bits per heavy atom. The highest BCUT2D eigenvalue weighted by Crippen LogP contribution is 2.25. The van der Waals surface area contributed by atoms with E-state index in [1.807, 2.05) is 26.0 Å². The van der Waals surface area contributed by atoms with Crippen LogP contribution in [0.5, 0.6) is 11.5 Å². The Hall–Kier alpha value is -0.700. The minimum absolute atomic E-state index is 0.700. The van der Waals surface area contributed by atoms with E-state index in [4.69, 9.17) is 9.47 Å². The standard InChI is InChI=1S/C13H19BrO2/c1-3-15-12-7-8-13(16-4-2)11(10-12)6-5-9-14/h7-8,10H,3-6,9H2,1-2H3. The fourth-order valence-electron chi connectivity index (χ4n) is 1.56. The Labute approximate surface area is 106 Å². The monoisotopic (exact) mass is 286 g/mol. The molecule has 0 aromatic heterocycles. The van der Waals surface area contributed by atoms with Gasteiger partial charge in [-0.25, -0.2) is 0 Å². The molecular formula is C13H19BrO2. The van der Waals surface area contributed by atoms with Crippen LogP contribution >= 0.6 is 15.9 Å². The molecule has 0 aliphatic heterocycles. The van der Waals surface area contributed by atoms with Crippen LogP contribution in [0, 0.1) is 0 Å². The summed E-state index contributed by atoms with van der Waals surface area (Å²) in [6, 6.07) is 6.04. The Morgan fingerprint density at radius 3 is 2.50 bits per heavy atom. The second-order valence-electron chi connectivity index (χ2n) is 3.43. The zero-order valence-corrected chi connectivity index (χ0v) is 11.5. The maximum absolute atomic E-state index is 5.60. The summed E-state index contributed by atoms with van der Waals surface area (Å²) in [5, 5.41) is 1.01. The van der Waals surface area contributed by atoms with Gasteiger partial charge in [-0.1, -0.05) is 15.9 Å². The number of rotatable bonds is 7. The van der Waals surface area contributed by atoms with E-state index < -0.39 is 0 Å². The van der Waals surface area contributed by atoms with Crippen LogP contribution in [0.3, 0.4) is 0 Å². The molecule has 0 spiro atoms. The second-order valence-corrected chi connectivity index (χ2v) is 4.22. The van der Waals surface area contributed by atoms with Gasteiger partial charge < -0.3 is 9.47 Å². The van der Waals surface area contributed by atoms with E-state index in [1.165, 1.54) is 5.56 Å². The third-order valence-corrected chi connectivity index (χ3v) is 2.78. The molecule has 0 amide bonds. The minimum Gasteiger partial charge on any atom is -0.494 e. The third-order valence-electron chi connectivity index (χ3n) is 2.22. The van der Waals surface area contributed by atoms with Crippen molar-refractivity contribution in [3.8, 4) is 11.5 Å². The van der Waals surface area contributed by atoms with E-state index in [-0.39, 0.29) is 0 Å². The number of hydrogen-bond donors (Lipinski definition) is 0. The SMILES string of the molecule is CCOc1ccc(OCC)c(CCCBr)c1. The number of ether oxygens (including phenoxy) is 2. The van der Waals surface area contributed by atoms with Gasteiger partial charge in [-0.15, -0.1) is 0 Å². The second kappa shape index (κ2) is 7.55. The lowest BCUT2D eigenvalue weighted by Gasteiger charge is -2.12. The molecule has 0 N–H and O–H groups in total. The molecule has 0 saturated carbocycles. The van der Waals surface area contributed by atoms with Gasteiger partial charge in [0, 0.05) is 5.33 Å². The predicted octanol–water partition coefficient (Wildman–Crippen LogP) is 3.81. The molecule has 0 saturated heterocycles. The highest BCUT2D eigenvalue weighted by molar-refractivity contribution is 9.09. The smallest absolute Gasteiger partial charge is 0.122 e. The van der Waals surface area contributed by atoms with E-state index in [0.29, 0.717) is 13.2 Å². The van der Waals surface area contributed by atoms with Crippen molar-refractivity contribution in [1.29, 1.82) is 0 Å². The molecule has 16 heavy (non-hydrogen) atoms. The Morgan fingerprint density at radius 1 is 1.12 bits per heavy atom. The van der Waals surface area contributed by atoms with Crippen LogP contribution in [0.25, 0.3) is 0 Å². The number of aryl methyl sites for hydroxylation is 1. The molecule has 0 radical (unpaired) electrons. The van der Waals surface area contributed by atoms with E-state index in [1.54, 1.807) is 0 Å². The molecule has 0 aliphatic rings. The molecule has 2 nitrogen and oxygen atoms in total. The van der Waals surface area contributed by atoms with Gasteiger partial charge >= 0.3 is 0 Å². The van der Waals surface area contributed by atoms with Crippen molar-refractivity contribution in [2.45, 2.75) is 26.7 Å².